The Bertz CT molecular complexity index is 309. The van der Waals surface area contributed by atoms with Crippen molar-refractivity contribution in [2.75, 3.05) is 0 Å². The molecule has 1 saturated heterocycles. The highest BCUT2D eigenvalue weighted by Gasteiger charge is 2.40. The van der Waals surface area contributed by atoms with Gasteiger partial charge in [0.05, 0.1) is 0 Å². The Morgan fingerprint density at radius 1 is 1.22 bits per heavy atom. The first kappa shape index (κ1) is 15.4. The molecule has 3 atom stereocenters. The Morgan fingerprint density at radius 2 is 1.78 bits per heavy atom. The molecule has 0 aromatic carbocycles. The maximum absolute atomic E-state index is 12.1. The molecule has 1 aliphatic rings. The molecule has 3 unspecified atom stereocenters. The Kier molecular flexibility index (Phi) is 4.43. The zero-order valence-corrected chi connectivity index (χ0v) is 11.1. The van der Waals surface area contributed by atoms with Crippen LogP contribution in [0.5, 0.6) is 0 Å². The number of carbonyl (C=O) groups excluding carboxylic acids is 1. The van der Waals surface area contributed by atoms with E-state index in [9.17, 15) is 18.0 Å². The van der Waals surface area contributed by atoms with Crippen molar-refractivity contribution in [3.05, 3.63) is 0 Å². The highest BCUT2D eigenvalue weighted by atomic mass is 19.4. The summed E-state index contributed by atoms with van der Waals surface area (Å²) < 4.78 is 40.2. The quantitative estimate of drug-likeness (QED) is 0.836. The van der Waals surface area contributed by atoms with Crippen molar-refractivity contribution >= 4 is 5.78 Å². The third kappa shape index (κ3) is 4.24. The van der Waals surface area contributed by atoms with Gasteiger partial charge < -0.3 is 0 Å². The van der Waals surface area contributed by atoms with Gasteiger partial charge in [-0.05, 0) is 19.8 Å². The minimum atomic E-state index is -4.64. The Hall–Kier alpha value is -0.620. The highest BCUT2D eigenvalue weighted by molar-refractivity contribution is 5.86. The molecule has 1 aliphatic heterocycles. The lowest BCUT2D eigenvalue weighted by Crippen LogP contribution is -2.52. The van der Waals surface area contributed by atoms with Gasteiger partial charge in [-0.1, -0.05) is 20.8 Å². The Morgan fingerprint density at radius 3 is 2.17 bits per heavy atom. The number of alkyl halides is 3. The van der Waals surface area contributed by atoms with Crippen LogP contribution in [-0.4, -0.2) is 24.4 Å². The van der Waals surface area contributed by atoms with Crippen LogP contribution >= 0.6 is 0 Å². The number of ether oxygens (including phenoxy) is 1. The summed E-state index contributed by atoms with van der Waals surface area (Å²) >= 11 is 0. The van der Waals surface area contributed by atoms with Crippen LogP contribution in [0.2, 0.25) is 0 Å². The summed E-state index contributed by atoms with van der Waals surface area (Å²) in [6, 6.07) is -0.308. The largest absolute Gasteiger partial charge is 0.524 e. The number of nitrogens with one attached hydrogen (secondary N) is 1. The van der Waals surface area contributed by atoms with Gasteiger partial charge in [0.15, 0.2) is 0 Å². The second kappa shape index (κ2) is 5.17. The maximum atomic E-state index is 12.1. The van der Waals surface area contributed by atoms with Crippen LogP contribution in [-0.2, 0) is 9.53 Å². The molecular weight excluding hydrogens is 247 g/mol. The lowest BCUT2D eigenvalue weighted by molar-refractivity contribution is -0.349. The van der Waals surface area contributed by atoms with E-state index < -0.39 is 18.0 Å². The van der Waals surface area contributed by atoms with Crippen molar-refractivity contribution in [1.29, 1.82) is 0 Å². The molecule has 0 bridgehead atoms. The van der Waals surface area contributed by atoms with E-state index in [1.807, 2.05) is 20.8 Å². The van der Waals surface area contributed by atoms with Crippen molar-refractivity contribution < 1.29 is 22.7 Å². The van der Waals surface area contributed by atoms with Crippen molar-refractivity contribution in [2.45, 2.75) is 59.2 Å². The van der Waals surface area contributed by atoms with Crippen LogP contribution in [0, 0.1) is 11.3 Å². The summed E-state index contributed by atoms with van der Waals surface area (Å²) in [6.07, 6.45) is -5.08. The zero-order valence-electron chi connectivity index (χ0n) is 11.1. The zero-order chi connectivity index (χ0) is 14.1. The van der Waals surface area contributed by atoms with E-state index in [0.717, 1.165) is 0 Å². The van der Waals surface area contributed by atoms with Gasteiger partial charge in [0, 0.05) is 17.4 Å². The number of halogens is 3. The first-order valence-corrected chi connectivity index (χ1v) is 6.05. The van der Waals surface area contributed by atoms with Crippen LogP contribution in [0.4, 0.5) is 13.2 Å². The number of rotatable bonds is 2. The summed E-state index contributed by atoms with van der Waals surface area (Å²) in [6.45, 7) is 7.18. The Balaban J connectivity index is 2.60. The standard InChI is InChI=1S/C12H20F3NO2/c1-7-8(10(17)11(2,3)4)5-6-9(16-7)18-12(13,14)15/h7-9,16H,5-6H2,1-4H3. The molecule has 6 heteroatoms. The first-order valence-electron chi connectivity index (χ1n) is 6.05. The lowest BCUT2D eigenvalue weighted by atomic mass is 9.76. The SMILES string of the molecule is CC1NC(OC(F)(F)F)CCC1C(=O)C(C)(C)C. The minimum Gasteiger partial charge on any atom is -0.299 e. The lowest BCUT2D eigenvalue weighted by Gasteiger charge is -2.37. The predicted octanol–water partition coefficient (Wildman–Crippen LogP) is 2.85. The molecule has 0 aliphatic carbocycles. The summed E-state index contributed by atoms with van der Waals surface area (Å²) in [5.41, 5.74) is -0.474. The summed E-state index contributed by atoms with van der Waals surface area (Å²) in [4.78, 5) is 12.1. The van der Waals surface area contributed by atoms with Gasteiger partial charge in [0.2, 0.25) is 0 Å². The monoisotopic (exact) mass is 267 g/mol. The van der Waals surface area contributed by atoms with Gasteiger partial charge in [-0.15, -0.1) is 13.2 Å². The third-order valence-corrected chi connectivity index (χ3v) is 3.14. The molecule has 1 fully saturated rings. The topological polar surface area (TPSA) is 38.3 Å². The van der Waals surface area contributed by atoms with E-state index in [1.54, 1.807) is 6.92 Å². The number of piperidine rings is 1. The molecule has 106 valence electrons. The number of carbonyl (C=O) groups is 1. The molecule has 0 saturated carbocycles. The maximum Gasteiger partial charge on any atom is 0.524 e. The molecule has 1 heterocycles. The highest BCUT2D eigenvalue weighted by Crippen LogP contribution is 2.31. The molecule has 0 amide bonds. The summed E-state index contributed by atoms with van der Waals surface area (Å²) in [7, 11) is 0. The predicted molar refractivity (Wildman–Crippen MR) is 60.7 cm³/mol. The van der Waals surface area contributed by atoms with E-state index >= 15 is 0 Å². The van der Waals surface area contributed by atoms with Crippen LogP contribution < -0.4 is 5.32 Å². The van der Waals surface area contributed by atoms with E-state index in [-0.39, 0.29) is 24.2 Å². The molecule has 18 heavy (non-hydrogen) atoms. The number of ketones is 1. The van der Waals surface area contributed by atoms with Crippen LogP contribution in [0.3, 0.4) is 0 Å². The average Bonchev–Trinajstić information content (AvgIpc) is 2.12. The van der Waals surface area contributed by atoms with Crippen molar-refractivity contribution in [3.8, 4) is 0 Å². The molecular formula is C12H20F3NO2. The van der Waals surface area contributed by atoms with Crippen LogP contribution in [0.25, 0.3) is 0 Å². The number of hydrogen-bond donors (Lipinski definition) is 1. The second-order valence-corrected chi connectivity index (χ2v) is 5.81. The molecule has 0 radical (unpaired) electrons. The number of hydrogen-bond acceptors (Lipinski definition) is 3. The fraction of sp³-hybridized carbons (Fsp3) is 0.917. The van der Waals surface area contributed by atoms with Gasteiger partial charge in [-0.3, -0.25) is 14.8 Å². The van der Waals surface area contributed by atoms with Crippen molar-refractivity contribution in [2.24, 2.45) is 11.3 Å². The first-order chi connectivity index (χ1) is 8.00. The van der Waals surface area contributed by atoms with Crippen molar-refractivity contribution in [1.82, 2.24) is 5.32 Å². The van der Waals surface area contributed by atoms with Crippen LogP contribution in [0.15, 0.2) is 0 Å². The average molecular weight is 267 g/mol. The summed E-state index contributed by atoms with van der Waals surface area (Å²) in [5.74, 6) is -0.175. The van der Waals surface area contributed by atoms with Gasteiger partial charge in [0.1, 0.15) is 12.0 Å². The normalized spacial score (nSPS) is 30.3. The van der Waals surface area contributed by atoms with Gasteiger partial charge in [-0.2, -0.15) is 0 Å². The van der Waals surface area contributed by atoms with Crippen LogP contribution in [0.1, 0.15) is 40.5 Å². The third-order valence-electron chi connectivity index (χ3n) is 3.14. The number of Topliss-reactive ketones (excluding diaryl/α,β-unsaturated/α-hetero) is 1. The minimum absolute atomic E-state index is 0.0768. The fourth-order valence-electron chi connectivity index (χ4n) is 2.24. The van der Waals surface area contributed by atoms with E-state index in [2.05, 4.69) is 10.1 Å². The fourth-order valence-corrected chi connectivity index (χ4v) is 2.24. The van der Waals surface area contributed by atoms with E-state index in [0.29, 0.717) is 6.42 Å². The van der Waals surface area contributed by atoms with E-state index in [4.69, 9.17) is 0 Å². The molecule has 3 nitrogen and oxygen atoms in total. The Labute approximate surface area is 105 Å². The molecule has 1 N–H and O–H groups in total. The van der Waals surface area contributed by atoms with Crippen molar-refractivity contribution in [3.63, 3.8) is 0 Å². The molecule has 0 spiro atoms. The second-order valence-electron chi connectivity index (χ2n) is 5.81. The van der Waals surface area contributed by atoms with Gasteiger partial charge >= 0.3 is 6.36 Å². The summed E-state index contributed by atoms with van der Waals surface area (Å²) in [5, 5.41) is 2.71. The molecule has 0 aromatic heterocycles. The smallest absolute Gasteiger partial charge is 0.299 e. The molecule has 1 rings (SSSR count). The molecule has 0 aromatic rings. The van der Waals surface area contributed by atoms with E-state index in [1.165, 1.54) is 0 Å². The van der Waals surface area contributed by atoms with Gasteiger partial charge in [0.25, 0.3) is 0 Å². The van der Waals surface area contributed by atoms with Gasteiger partial charge in [-0.25, -0.2) is 0 Å².